The molecule has 8 aromatic carbocycles. The number of nitrogens with zero attached hydrogens (tertiary/aromatic N) is 6. The van der Waals surface area contributed by atoms with Crippen molar-refractivity contribution in [3.05, 3.63) is 343 Å². The standard InChI is InChI=1S/C24H21FN4O2.C22H16FN3O3.C21H16FN3O2.C16H14FN3O.C15H12FN3O/c25-18-3-1-2-16(12-18)17-13-21-22(15-27-23(21)26-14-17)24(30)28-19-4-6-20(7-5-19)29-8-10-31-11-9-29;23-16-3-1-2-14(7-16)15-8-17-18(11-25-21(17)24-10-15)22(27)26-9-13-4-5-19-20(6-13)29-12-28-19;1-27-17-7-5-16(6-8-17)25-21(26)19-12-24-20-18(19)10-14(11-23-20)13-3-2-4-15(22)9-13;1-2-18-16(21)14-9-20-15-13(14)7-11(8-19-15)10-4-3-5-12(17)6-10;1-17-15(20)13-8-19-14-12(13)6-10(7-18-14)9-3-2-4-11(16)5-9/h1-7,12-15H,8-11H2,(H,26,27)(H,28,30);1-8,10-11H,9,12H2,(H,24,25)(H,26,27);2-12H,1H3,(H,23,24)(H,25,26);3-9H,2H2,1H3,(H,18,21)(H,19,20);2-8H,1H3,(H,17,20)(H,18,19). The zero-order valence-electron chi connectivity index (χ0n) is 68.8. The van der Waals surface area contributed by atoms with Crippen molar-refractivity contribution in [2.45, 2.75) is 13.5 Å². The molecule has 1 saturated heterocycles. The topological polar surface area (TPSA) is 329 Å². The lowest BCUT2D eigenvalue weighted by Crippen LogP contribution is -2.36. The normalized spacial score (nSPS) is 11.9. The summed E-state index contributed by atoms with van der Waals surface area (Å²) in [5.41, 5.74) is 16.2. The van der Waals surface area contributed by atoms with Crippen LogP contribution in [0.2, 0.25) is 0 Å². The summed E-state index contributed by atoms with van der Waals surface area (Å²) in [6.07, 6.45) is 16.4. The number of amides is 5. The van der Waals surface area contributed by atoms with Gasteiger partial charge in [-0.2, -0.15) is 0 Å². The SMILES string of the molecule is CCNC(=O)c1c[nH]c2ncc(-c3cccc(F)c3)cc12.CNC(=O)c1c[nH]c2ncc(-c3cccc(F)c3)cc12.COc1ccc(NC(=O)c2c[nH]c3ncc(-c4cccc(F)c4)cc23)cc1.O=C(NCc1ccc2c(c1)OCO2)c1c[nH]c2ncc(-c3cccc(F)c3)cc12.O=C(Nc1ccc(N2CCOCC2)cc1)c1c[nH]c2ncc(-c3cccc(F)c3)cc12. The Morgan fingerprint density at radius 2 is 0.719 bits per heavy atom. The molecule has 640 valence electrons. The molecule has 128 heavy (non-hydrogen) atoms. The number of carbonyl (C=O) groups is 5. The molecule has 5 amide bonds. The number of anilines is 3. The lowest BCUT2D eigenvalue weighted by atomic mass is 10.1. The summed E-state index contributed by atoms with van der Waals surface area (Å²) in [5.74, 6) is -0.530. The van der Waals surface area contributed by atoms with Crippen molar-refractivity contribution in [1.29, 1.82) is 0 Å². The van der Waals surface area contributed by atoms with Crippen LogP contribution in [0.5, 0.6) is 17.2 Å². The number of aromatic amines is 5. The average molecular weight is 1720 g/mol. The fourth-order valence-corrected chi connectivity index (χ4v) is 14.5. The number of nitrogens with one attached hydrogen (secondary N) is 10. The van der Waals surface area contributed by atoms with Crippen LogP contribution in [-0.2, 0) is 11.3 Å². The van der Waals surface area contributed by atoms with Crippen LogP contribution >= 0.6 is 0 Å². The van der Waals surface area contributed by atoms with Crippen molar-refractivity contribution in [3.63, 3.8) is 0 Å². The number of halogens is 5. The van der Waals surface area contributed by atoms with Gasteiger partial charge >= 0.3 is 0 Å². The Labute approximate surface area is 727 Å². The molecule has 0 aliphatic carbocycles. The van der Waals surface area contributed by atoms with E-state index in [0.29, 0.717) is 136 Å². The van der Waals surface area contributed by atoms with Gasteiger partial charge < -0.3 is 75.4 Å². The third-order valence-corrected chi connectivity index (χ3v) is 21.0. The first-order valence-corrected chi connectivity index (χ1v) is 40.4. The van der Waals surface area contributed by atoms with Crippen molar-refractivity contribution in [2.24, 2.45) is 0 Å². The van der Waals surface area contributed by atoms with E-state index in [9.17, 15) is 45.9 Å². The predicted molar refractivity (Wildman–Crippen MR) is 481 cm³/mol. The van der Waals surface area contributed by atoms with Crippen LogP contribution in [0, 0.1) is 29.1 Å². The highest BCUT2D eigenvalue weighted by molar-refractivity contribution is 6.14. The Balaban J connectivity index is 0.000000119. The number of carbonyl (C=O) groups excluding carboxylic acids is 5. The Morgan fingerprint density at radius 3 is 1.06 bits per heavy atom. The first kappa shape index (κ1) is 85.0. The highest BCUT2D eigenvalue weighted by Gasteiger charge is 2.22. The largest absolute Gasteiger partial charge is 0.497 e. The summed E-state index contributed by atoms with van der Waals surface area (Å²) >= 11 is 0. The summed E-state index contributed by atoms with van der Waals surface area (Å²) < 4.78 is 88.4. The molecule has 0 spiro atoms. The molecule has 1 fully saturated rings. The third kappa shape index (κ3) is 19.9. The average Bonchev–Trinajstić information content (AvgIpc) is 1.65. The van der Waals surface area contributed by atoms with Crippen molar-refractivity contribution in [1.82, 2.24) is 65.8 Å². The van der Waals surface area contributed by atoms with Crippen molar-refractivity contribution in [3.8, 4) is 72.9 Å². The van der Waals surface area contributed by atoms with Gasteiger partial charge in [-0.15, -0.1) is 0 Å². The quantitative estimate of drug-likeness (QED) is 0.0379. The van der Waals surface area contributed by atoms with Crippen molar-refractivity contribution in [2.75, 3.05) is 69.3 Å². The number of morpholine rings is 1. The van der Waals surface area contributed by atoms with E-state index in [1.165, 1.54) is 60.7 Å². The zero-order chi connectivity index (χ0) is 88.7. The van der Waals surface area contributed by atoms with Crippen molar-refractivity contribution < 1.29 is 64.9 Å². The van der Waals surface area contributed by atoms with Gasteiger partial charge in [0.25, 0.3) is 29.5 Å². The molecule has 0 radical (unpaired) electrons. The van der Waals surface area contributed by atoms with Crippen LogP contribution < -0.4 is 45.7 Å². The number of fused-ring (bicyclic) bond motifs is 6. The molecule has 0 atom stereocenters. The van der Waals surface area contributed by atoms with E-state index in [1.54, 1.807) is 149 Å². The van der Waals surface area contributed by atoms with E-state index in [2.05, 4.69) is 81.3 Å². The molecule has 10 aromatic heterocycles. The van der Waals surface area contributed by atoms with Crippen LogP contribution in [0.1, 0.15) is 64.3 Å². The minimum Gasteiger partial charge on any atom is -0.497 e. The smallest absolute Gasteiger partial charge is 0.257 e. The van der Waals surface area contributed by atoms with Crippen LogP contribution in [0.4, 0.5) is 39.0 Å². The number of rotatable bonds is 17. The number of hydrogen-bond acceptors (Lipinski definition) is 15. The molecule has 25 nitrogen and oxygen atoms in total. The maximum Gasteiger partial charge on any atom is 0.257 e. The van der Waals surface area contributed by atoms with E-state index in [0.717, 1.165) is 81.9 Å². The lowest BCUT2D eigenvalue weighted by Gasteiger charge is -2.28. The Morgan fingerprint density at radius 1 is 0.383 bits per heavy atom. The number of H-pyrrole nitrogens is 5. The van der Waals surface area contributed by atoms with E-state index < -0.39 is 0 Å². The van der Waals surface area contributed by atoms with E-state index in [1.807, 2.05) is 91.9 Å². The van der Waals surface area contributed by atoms with E-state index in [-0.39, 0.29) is 65.4 Å². The molecule has 0 saturated carbocycles. The maximum atomic E-state index is 13.6. The molecule has 18 aromatic rings. The van der Waals surface area contributed by atoms with E-state index in [4.69, 9.17) is 18.9 Å². The highest BCUT2D eigenvalue weighted by Crippen LogP contribution is 2.35. The van der Waals surface area contributed by atoms with Gasteiger partial charge in [0.15, 0.2) is 11.5 Å². The van der Waals surface area contributed by atoms with E-state index >= 15 is 0 Å². The molecular formula is C98H79F5N16O9. The number of methoxy groups -OCH3 is 1. The third-order valence-electron chi connectivity index (χ3n) is 21.0. The predicted octanol–water partition coefficient (Wildman–Crippen LogP) is 19.0. The molecule has 30 heteroatoms. The number of benzene rings is 8. The molecule has 12 heterocycles. The molecule has 0 bridgehead atoms. The second kappa shape index (κ2) is 38.8. The maximum absolute atomic E-state index is 13.6. The summed E-state index contributed by atoms with van der Waals surface area (Å²) in [6, 6.07) is 61.1. The minimum absolute atomic E-state index is 0.151. The zero-order valence-corrected chi connectivity index (χ0v) is 68.8. The second-order valence-electron chi connectivity index (χ2n) is 29.3. The van der Waals surface area contributed by atoms with Crippen molar-refractivity contribution >= 4 is 102 Å². The molecule has 2 aliphatic rings. The van der Waals surface area contributed by atoms with Gasteiger partial charge in [0, 0.05) is 167 Å². The molecule has 0 unspecified atom stereocenters. The van der Waals surface area contributed by atoms with Gasteiger partial charge in [-0.3, -0.25) is 24.0 Å². The van der Waals surface area contributed by atoms with Crippen LogP contribution in [0.15, 0.2) is 280 Å². The van der Waals surface area contributed by atoms with Crippen LogP contribution in [-0.4, -0.2) is 133 Å². The molecule has 20 rings (SSSR count). The first-order chi connectivity index (χ1) is 62.3. The van der Waals surface area contributed by atoms with Crippen LogP contribution in [0.25, 0.3) is 111 Å². The monoisotopic (exact) mass is 1720 g/mol. The summed E-state index contributed by atoms with van der Waals surface area (Å²) in [4.78, 5) is 101. The molecule has 10 N–H and O–H groups in total. The van der Waals surface area contributed by atoms with Crippen LogP contribution in [0.3, 0.4) is 0 Å². The Bertz CT molecular complexity index is 7130. The number of aromatic nitrogens is 10. The van der Waals surface area contributed by atoms with Gasteiger partial charge in [-0.25, -0.2) is 46.9 Å². The fraction of sp³-hybridized carbons (Fsp3) is 0.102. The summed E-state index contributed by atoms with van der Waals surface area (Å²) in [5, 5.41) is 17.5. The van der Waals surface area contributed by atoms with Gasteiger partial charge in [0.2, 0.25) is 6.79 Å². The van der Waals surface area contributed by atoms with Gasteiger partial charge in [-0.05, 0) is 192 Å². The van der Waals surface area contributed by atoms with Gasteiger partial charge in [0.1, 0.15) is 63.1 Å². The number of pyridine rings is 5. The lowest BCUT2D eigenvalue weighted by molar-refractivity contribution is 0.0946. The first-order valence-electron chi connectivity index (χ1n) is 40.4. The fourth-order valence-electron chi connectivity index (χ4n) is 14.5. The summed E-state index contributed by atoms with van der Waals surface area (Å²) in [6.45, 7) is 6.16. The van der Waals surface area contributed by atoms with Gasteiger partial charge in [0.05, 0.1) is 48.1 Å². The molecular weight excluding hydrogens is 1640 g/mol. The number of ether oxygens (including phenoxy) is 4. The minimum atomic E-state index is -0.321. The number of hydrogen-bond donors (Lipinski definition) is 10. The van der Waals surface area contributed by atoms with Gasteiger partial charge in [-0.1, -0.05) is 66.7 Å². The second-order valence-corrected chi connectivity index (χ2v) is 29.3. The Hall–Kier alpha value is -16.6. The molecule has 2 aliphatic heterocycles. The Kier molecular flexibility index (Phi) is 25.8. The summed E-state index contributed by atoms with van der Waals surface area (Å²) in [7, 11) is 3.16. The highest BCUT2D eigenvalue weighted by atomic mass is 19.1.